The van der Waals surface area contributed by atoms with Gasteiger partial charge in [-0.3, -0.25) is 15.0 Å². The number of benzene rings is 2. The summed E-state index contributed by atoms with van der Waals surface area (Å²) < 4.78 is 5.84. The number of likely N-dealkylation sites (N-methyl/N-ethyl adjacent to an activating group) is 1. The Bertz CT molecular complexity index is 988. The minimum absolute atomic E-state index is 0.0131. The number of hydrogen-bond acceptors (Lipinski definition) is 5. The molecule has 0 saturated carbocycles. The number of ether oxygens (including phenoxy) is 1. The van der Waals surface area contributed by atoms with Crippen LogP contribution in [-0.4, -0.2) is 66.4 Å². The fourth-order valence-electron chi connectivity index (χ4n) is 3.75. The Balaban J connectivity index is 2.10. The first-order valence-electron chi connectivity index (χ1n) is 11.8. The number of carboxylic acid groups (broad SMARTS) is 1. The maximum Gasteiger partial charge on any atom is 0.307 e. The summed E-state index contributed by atoms with van der Waals surface area (Å²) in [5.41, 5.74) is 3.75. The van der Waals surface area contributed by atoms with Crippen LogP contribution in [0.25, 0.3) is 11.1 Å². The summed E-state index contributed by atoms with van der Waals surface area (Å²) in [5, 5.41) is 17.6. The lowest BCUT2D eigenvalue weighted by atomic mass is 9.97. The highest BCUT2D eigenvalue weighted by Gasteiger charge is 2.14. The Morgan fingerprint density at radius 3 is 2.44 bits per heavy atom. The van der Waals surface area contributed by atoms with Crippen LogP contribution in [0.4, 0.5) is 0 Å². The van der Waals surface area contributed by atoms with Crippen molar-refractivity contribution >= 4 is 17.7 Å². The van der Waals surface area contributed by atoms with Crippen LogP contribution in [-0.2, 0) is 22.4 Å². The molecule has 7 heteroatoms. The molecule has 34 heavy (non-hydrogen) atoms. The Kier molecular flexibility index (Phi) is 10.7. The quantitative estimate of drug-likeness (QED) is 0.335. The van der Waals surface area contributed by atoms with E-state index in [0.29, 0.717) is 43.1 Å². The van der Waals surface area contributed by atoms with Gasteiger partial charge in [-0.1, -0.05) is 37.3 Å². The molecule has 0 fully saturated rings. The van der Waals surface area contributed by atoms with Crippen molar-refractivity contribution in [1.82, 2.24) is 9.80 Å². The molecule has 0 heterocycles. The van der Waals surface area contributed by atoms with E-state index in [2.05, 4.69) is 12.1 Å². The standard InChI is InChI=1S/C27H37N3O4/c1-5-26(31)30(6-2)25(28)12-8-10-20-9-7-11-21(17-20)22-13-14-24(34-16-15-29(3)4)23(18-22)19-27(32)33/h7,9,11,13-14,17-18,28H,5-6,8,10,12,15-16,19H2,1-4H3,(H,32,33). The van der Waals surface area contributed by atoms with E-state index >= 15 is 0 Å². The van der Waals surface area contributed by atoms with Gasteiger partial charge in [-0.15, -0.1) is 0 Å². The predicted molar refractivity (Wildman–Crippen MR) is 136 cm³/mol. The molecule has 0 aromatic heterocycles. The van der Waals surface area contributed by atoms with Crippen molar-refractivity contribution in [2.75, 3.05) is 33.8 Å². The molecule has 0 radical (unpaired) electrons. The molecule has 0 spiro atoms. The molecule has 0 saturated heterocycles. The largest absolute Gasteiger partial charge is 0.492 e. The number of carboxylic acids is 1. The van der Waals surface area contributed by atoms with Gasteiger partial charge in [-0.2, -0.15) is 0 Å². The lowest BCUT2D eigenvalue weighted by Gasteiger charge is -2.21. The SMILES string of the molecule is CCC(=O)N(CC)C(=N)CCCc1cccc(-c2ccc(OCCN(C)C)c(CC(=O)O)c2)c1. The number of amides is 1. The number of amidine groups is 1. The van der Waals surface area contributed by atoms with Crippen LogP contribution in [0.1, 0.15) is 44.2 Å². The highest BCUT2D eigenvalue weighted by molar-refractivity contribution is 5.96. The molecule has 0 atom stereocenters. The van der Waals surface area contributed by atoms with Crippen molar-refractivity contribution in [2.45, 2.75) is 46.0 Å². The molecule has 0 aliphatic carbocycles. The summed E-state index contributed by atoms with van der Waals surface area (Å²) in [6, 6.07) is 13.9. The van der Waals surface area contributed by atoms with Crippen LogP contribution >= 0.6 is 0 Å². The topological polar surface area (TPSA) is 93.9 Å². The molecule has 2 aromatic carbocycles. The van der Waals surface area contributed by atoms with Crippen LogP contribution in [0.2, 0.25) is 0 Å². The lowest BCUT2D eigenvalue weighted by Crippen LogP contribution is -2.35. The molecular formula is C27H37N3O4. The summed E-state index contributed by atoms with van der Waals surface area (Å²) >= 11 is 0. The number of aryl methyl sites for hydroxylation is 1. The maximum atomic E-state index is 12.0. The van der Waals surface area contributed by atoms with E-state index < -0.39 is 5.97 Å². The number of nitrogens with zero attached hydrogens (tertiary/aromatic N) is 2. The van der Waals surface area contributed by atoms with E-state index in [9.17, 15) is 14.7 Å². The minimum Gasteiger partial charge on any atom is -0.492 e. The predicted octanol–water partition coefficient (Wildman–Crippen LogP) is 4.48. The van der Waals surface area contributed by atoms with Gasteiger partial charge in [0.05, 0.1) is 6.42 Å². The van der Waals surface area contributed by atoms with E-state index in [0.717, 1.165) is 36.1 Å². The number of aliphatic carboxylic acids is 1. The Morgan fingerprint density at radius 1 is 1.06 bits per heavy atom. The summed E-state index contributed by atoms with van der Waals surface area (Å²) in [4.78, 5) is 26.9. The monoisotopic (exact) mass is 467 g/mol. The molecule has 2 rings (SSSR count). The number of carbonyl (C=O) groups excluding carboxylic acids is 1. The third-order valence-corrected chi connectivity index (χ3v) is 5.58. The van der Waals surface area contributed by atoms with E-state index in [-0.39, 0.29) is 12.3 Å². The maximum absolute atomic E-state index is 12.0. The fraction of sp³-hybridized carbons (Fsp3) is 0.444. The van der Waals surface area contributed by atoms with Crippen LogP contribution < -0.4 is 4.74 Å². The van der Waals surface area contributed by atoms with Gasteiger partial charge in [0.1, 0.15) is 18.2 Å². The Labute approximate surface area is 202 Å². The summed E-state index contributed by atoms with van der Waals surface area (Å²) in [5.74, 6) is 0.0627. The van der Waals surface area contributed by atoms with Gasteiger partial charge in [0, 0.05) is 31.5 Å². The van der Waals surface area contributed by atoms with Crippen molar-refractivity contribution in [3.63, 3.8) is 0 Å². The van der Waals surface area contributed by atoms with Gasteiger partial charge in [-0.25, -0.2) is 0 Å². The molecule has 0 unspecified atom stereocenters. The normalized spacial score (nSPS) is 10.9. The van der Waals surface area contributed by atoms with Crippen LogP contribution in [0.3, 0.4) is 0 Å². The van der Waals surface area contributed by atoms with Crippen molar-refractivity contribution < 1.29 is 19.4 Å². The third kappa shape index (κ3) is 8.30. The van der Waals surface area contributed by atoms with Crippen LogP contribution in [0.15, 0.2) is 42.5 Å². The van der Waals surface area contributed by atoms with E-state index in [1.807, 2.05) is 63.2 Å². The number of hydrogen-bond donors (Lipinski definition) is 2. The molecule has 1 amide bonds. The zero-order valence-corrected chi connectivity index (χ0v) is 20.8. The Hall–Kier alpha value is -3.19. The van der Waals surface area contributed by atoms with Crippen molar-refractivity contribution in [3.8, 4) is 16.9 Å². The molecule has 0 aliphatic heterocycles. The van der Waals surface area contributed by atoms with E-state index in [1.54, 1.807) is 4.90 Å². The average Bonchev–Trinajstić information content (AvgIpc) is 2.80. The molecule has 184 valence electrons. The second-order valence-corrected chi connectivity index (χ2v) is 8.54. The first kappa shape index (κ1) is 27.1. The molecule has 2 aromatic rings. The van der Waals surface area contributed by atoms with Gasteiger partial charge in [0.2, 0.25) is 5.91 Å². The molecule has 0 bridgehead atoms. The summed E-state index contributed by atoms with van der Waals surface area (Å²) in [6.07, 6.45) is 2.42. The van der Waals surface area contributed by atoms with Gasteiger partial charge in [0.15, 0.2) is 0 Å². The third-order valence-electron chi connectivity index (χ3n) is 5.58. The van der Waals surface area contributed by atoms with Gasteiger partial charge >= 0.3 is 5.97 Å². The molecule has 0 aliphatic rings. The van der Waals surface area contributed by atoms with Crippen LogP contribution in [0.5, 0.6) is 5.75 Å². The second kappa shape index (κ2) is 13.5. The van der Waals surface area contributed by atoms with E-state index in [1.165, 1.54) is 0 Å². The fourth-order valence-corrected chi connectivity index (χ4v) is 3.75. The summed E-state index contributed by atoms with van der Waals surface area (Å²) in [6.45, 7) is 5.46. The minimum atomic E-state index is -0.895. The lowest BCUT2D eigenvalue weighted by molar-refractivity contribution is -0.136. The first-order chi connectivity index (χ1) is 16.2. The number of nitrogens with one attached hydrogen (secondary N) is 1. The van der Waals surface area contributed by atoms with E-state index in [4.69, 9.17) is 10.1 Å². The summed E-state index contributed by atoms with van der Waals surface area (Å²) in [7, 11) is 3.93. The van der Waals surface area contributed by atoms with Crippen molar-refractivity contribution in [2.24, 2.45) is 0 Å². The Morgan fingerprint density at radius 2 is 1.79 bits per heavy atom. The highest BCUT2D eigenvalue weighted by atomic mass is 16.5. The van der Waals surface area contributed by atoms with Gasteiger partial charge < -0.3 is 19.6 Å². The smallest absolute Gasteiger partial charge is 0.307 e. The number of carbonyl (C=O) groups is 2. The molecular weight excluding hydrogens is 430 g/mol. The van der Waals surface area contributed by atoms with Gasteiger partial charge in [0.25, 0.3) is 0 Å². The first-order valence-corrected chi connectivity index (χ1v) is 11.8. The van der Waals surface area contributed by atoms with Crippen molar-refractivity contribution in [1.29, 1.82) is 5.41 Å². The zero-order chi connectivity index (χ0) is 25.1. The molecule has 7 nitrogen and oxygen atoms in total. The average molecular weight is 468 g/mol. The zero-order valence-electron chi connectivity index (χ0n) is 20.8. The second-order valence-electron chi connectivity index (χ2n) is 8.54. The molecule has 2 N–H and O–H groups in total. The van der Waals surface area contributed by atoms with Gasteiger partial charge in [-0.05, 0) is 62.7 Å². The number of rotatable bonds is 13. The van der Waals surface area contributed by atoms with Crippen molar-refractivity contribution in [3.05, 3.63) is 53.6 Å². The van der Waals surface area contributed by atoms with Crippen LogP contribution in [0, 0.1) is 5.41 Å². The highest BCUT2D eigenvalue weighted by Crippen LogP contribution is 2.28.